The average molecular weight is 606 g/mol. The van der Waals surface area contributed by atoms with Crippen molar-refractivity contribution in [3.05, 3.63) is 118 Å². The van der Waals surface area contributed by atoms with Gasteiger partial charge >= 0.3 is 0 Å². The third-order valence-corrected chi connectivity index (χ3v) is 12.8. The van der Waals surface area contributed by atoms with Crippen LogP contribution in [-0.4, -0.2) is 34.3 Å². The van der Waals surface area contributed by atoms with E-state index in [0.29, 0.717) is 5.69 Å². The molecule has 0 fully saturated rings. The number of rotatable bonds is 8. The molecule has 0 saturated carbocycles. The molecule has 1 unspecified atom stereocenters. The van der Waals surface area contributed by atoms with Crippen LogP contribution in [0.2, 0.25) is 0 Å². The number of aryl methyl sites for hydroxylation is 1. The first-order valence-electron chi connectivity index (χ1n) is 15.4. The summed E-state index contributed by atoms with van der Waals surface area (Å²) in [5.74, 6) is 2.37. The Balaban J connectivity index is 1.76. The summed E-state index contributed by atoms with van der Waals surface area (Å²) in [7, 11) is -0.658. The van der Waals surface area contributed by atoms with Crippen LogP contribution < -0.4 is 10.2 Å². The number of hydrogen-bond acceptors (Lipinski definition) is 4. The minimum Gasteiger partial charge on any atom is -0.347 e. The van der Waals surface area contributed by atoms with Crippen molar-refractivity contribution in [3.63, 3.8) is 0 Å². The zero-order chi connectivity index (χ0) is 31.2. The van der Waals surface area contributed by atoms with E-state index < -0.39 is 7.21 Å². The molecule has 0 N–H and O–H groups in total. The number of para-hydroxylation sites is 3. The van der Waals surface area contributed by atoms with E-state index in [0.717, 1.165) is 30.6 Å². The molecular formula is C36H40N5O2P. The van der Waals surface area contributed by atoms with Gasteiger partial charge in [0, 0.05) is 76.7 Å². The van der Waals surface area contributed by atoms with Crippen molar-refractivity contribution < 1.29 is 4.92 Å². The van der Waals surface area contributed by atoms with Crippen molar-refractivity contribution in [1.29, 1.82) is 0 Å². The predicted octanol–water partition coefficient (Wildman–Crippen LogP) is 9.41. The van der Waals surface area contributed by atoms with Crippen LogP contribution >= 0.6 is 7.21 Å². The van der Waals surface area contributed by atoms with Gasteiger partial charge in [-0.3, -0.25) is 14.8 Å². The maximum atomic E-state index is 12.3. The first-order chi connectivity index (χ1) is 21.2. The molecule has 1 atom stereocenters. The maximum absolute atomic E-state index is 12.3. The molecule has 226 valence electrons. The van der Waals surface area contributed by atoms with Crippen molar-refractivity contribution in [1.82, 2.24) is 9.24 Å². The Morgan fingerprint density at radius 2 is 1.55 bits per heavy atom. The summed E-state index contributed by atoms with van der Waals surface area (Å²) in [6.07, 6.45) is 0. The summed E-state index contributed by atoms with van der Waals surface area (Å²) >= 11 is 0. The van der Waals surface area contributed by atoms with E-state index >= 15 is 0 Å². The van der Waals surface area contributed by atoms with Crippen molar-refractivity contribution in [2.45, 2.75) is 46.6 Å². The lowest BCUT2D eigenvalue weighted by Crippen LogP contribution is -2.28. The fourth-order valence-corrected chi connectivity index (χ4v) is 10.7. The first-order valence-corrected chi connectivity index (χ1v) is 17.1. The Morgan fingerprint density at radius 1 is 0.886 bits per heavy atom. The molecule has 1 aliphatic rings. The molecule has 1 aliphatic heterocycles. The SMILES string of the molecule is CCN(CC)P(C=C1N(C)c2ccccc2C1(C)C)(=Nc1ccccc1[N+](=O)[O-])c1ccc2c(c1)c1ccccc1n2CC. The van der Waals surface area contributed by atoms with Crippen molar-refractivity contribution in [2.24, 2.45) is 4.74 Å². The number of nitro benzene ring substituents is 1. The van der Waals surface area contributed by atoms with Crippen LogP contribution in [0.25, 0.3) is 21.8 Å². The van der Waals surface area contributed by atoms with Gasteiger partial charge in [0.15, 0.2) is 0 Å². The Kier molecular flexibility index (Phi) is 7.73. The molecule has 4 aromatic carbocycles. The molecule has 0 amide bonds. The second-order valence-electron chi connectivity index (χ2n) is 11.8. The van der Waals surface area contributed by atoms with Crippen LogP contribution in [0.15, 0.2) is 107 Å². The number of nitrogens with zero attached hydrogens (tertiary/aromatic N) is 5. The average Bonchev–Trinajstić information content (AvgIpc) is 3.45. The van der Waals surface area contributed by atoms with E-state index in [-0.39, 0.29) is 16.0 Å². The minimum atomic E-state index is -2.78. The second kappa shape index (κ2) is 11.4. The van der Waals surface area contributed by atoms with Gasteiger partial charge in [-0.2, -0.15) is 0 Å². The molecule has 0 saturated heterocycles. The third-order valence-electron chi connectivity index (χ3n) is 9.19. The van der Waals surface area contributed by atoms with Gasteiger partial charge in [0.2, 0.25) is 0 Å². The van der Waals surface area contributed by atoms with Crippen LogP contribution in [0, 0.1) is 10.1 Å². The topological polar surface area (TPSA) is 66.9 Å². The van der Waals surface area contributed by atoms with Crippen molar-refractivity contribution in [3.8, 4) is 0 Å². The number of allylic oxidation sites excluding steroid dienone is 1. The number of hydrogen-bond donors (Lipinski definition) is 0. The highest BCUT2D eigenvalue weighted by molar-refractivity contribution is 7.74. The fourth-order valence-electron chi connectivity index (χ4n) is 6.98. The van der Waals surface area contributed by atoms with E-state index in [9.17, 15) is 10.1 Å². The summed E-state index contributed by atoms with van der Waals surface area (Å²) < 4.78 is 10.3. The van der Waals surface area contributed by atoms with E-state index in [2.05, 4.69) is 128 Å². The van der Waals surface area contributed by atoms with E-state index in [1.54, 1.807) is 18.2 Å². The fraction of sp³-hybridized carbons (Fsp3) is 0.278. The molecule has 8 heteroatoms. The summed E-state index contributed by atoms with van der Waals surface area (Å²) in [6, 6.07) is 30.7. The Morgan fingerprint density at radius 3 is 2.25 bits per heavy atom. The quantitative estimate of drug-likeness (QED) is 0.100. The molecule has 6 rings (SSSR count). The number of fused-ring (bicyclic) bond motifs is 4. The molecule has 0 spiro atoms. The lowest BCUT2D eigenvalue weighted by Gasteiger charge is -2.36. The van der Waals surface area contributed by atoms with Gasteiger partial charge in [0.1, 0.15) is 5.69 Å². The smallest absolute Gasteiger partial charge is 0.294 e. The van der Waals surface area contributed by atoms with Crippen molar-refractivity contribution >= 4 is 51.4 Å². The second-order valence-corrected chi connectivity index (χ2v) is 14.7. The van der Waals surface area contributed by atoms with Gasteiger partial charge in [-0.05, 0) is 54.7 Å². The van der Waals surface area contributed by atoms with Gasteiger partial charge in [-0.15, -0.1) is 0 Å². The lowest BCUT2D eigenvalue weighted by atomic mass is 9.84. The predicted molar refractivity (Wildman–Crippen MR) is 186 cm³/mol. The van der Waals surface area contributed by atoms with Gasteiger partial charge in [-0.1, -0.05) is 76.2 Å². The molecule has 0 aliphatic carbocycles. The number of anilines is 1. The summed E-state index contributed by atoms with van der Waals surface area (Å²) in [6.45, 7) is 13.4. The molecule has 7 nitrogen and oxygen atoms in total. The normalized spacial score (nSPS) is 16.5. The molecule has 44 heavy (non-hydrogen) atoms. The van der Waals surface area contributed by atoms with Crippen LogP contribution in [0.5, 0.6) is 0 Å². The molecular weight excluding hydrogens is 565 g/mol. The van der Waals surface area contributed by atoms with Gasteiger partial charge in [0.25, 0.3) is 5.69 Å². The molecule has 1 aromatic heterocycles. The van der Waals surface area contributed by atoms with Crippen LogP contribution in [0.4, 0.5) is 17.1 Å². The largest absolute Gasteiger partial charge is 0.347 e. The monoisotopic (exact) mass is 605 g/mol. The first kappa shape index (κ1) is 29.9. The Labute approximate surface area is 259 Å². The van der Waals surface area contributed by atoms with E-state index in [4.69, 9.17) is 4.74 Å². The molecule has 0 bridgehead atoms. The highest BCUT2D eigenvalue weighted by Crippen LogP contribution is 2.61. The third kappa shape index (κ3) is 4.58. The zero-order valence-corrected chi connectivity index (χ0v) is 27.3. The highest BCUT2D eigenvalue weighted by atomic mass is 31.2. The summed E-state index contributed by atoms with van der Waals surface area (Å²) in [4.78, 5) is 14.2. The Hall–Kier alpha value is -4.19. The van der Waals surface area contributed by atoms with Crippen LogP contribution in [0.1, 0.15) is 40.2 Å². The maximum Gasteiger partial charge on any atom is 0.294 e. The number of benzene rings is 4. The number of likely N-dealkylation sites (N-methyl/N-ethyl adjacent to an activating group) is 1. The summed E-state index contributed by atoms with van der Waals surface area (Å²) in [5, 5.41) is 15.7. The number of aromatic nitrogens is 1. The zero-order valence-electron chi connectivity index (χ0n) is 26.4. The standard InChI is InChI=1S/C36H40N5O2P/c1-7-39(8-2)44(37-30-18-12-15-21-34(30)41(42)43,25-35-36(4,5)29-17-11-14-20-33(29)38(35)6)26-22-23-32-28(24-26)27-16-10-13-19-31(27)40(32)9-3/h10-25H,7-9H2,1-6H3. The Bertz CT molecular complexity index is 1990. The highest BCUT2D eigenvalue weighted by Gasteiger charge is 2.41. The van der Waals surface area contributed by atoms with Crippen LogP contribution in [-0.2, 0) is 12.0 Å². The van der Waals surface area contributed by atoms with Gasteiger partial charge < -0.3 is 9.47 Å². The molecule has 2 heterocycles. The van der Waals surface area contributed by atoms with E-state index in [1.165, 1.54) is 33.1 Å². The van der Waals surface area contributed by atoms with Crippen molar-refractivity contribution in [2.75, 3.05) is 25.0 Å². The van der Waals surface area contributed by atoms with E-state index in [1.807, 2.05) is 6.07 Å². The van der Waals surface area contributed by atoms with Gasteiger partial charge in [0.05, 0.1) is 12.1 Å². The molecule has 5 aromatic rings. The number of nitro groups is 1. The minimum absolute atomic E-state index is 0.0217. The molecule has 0 radical (unpaired) electrons. The van der Waals surface area contributed by atoms with Gasteiger partial charge in [-0.25, -0.2) is 4.74 Å². The van der Waals surface area contributed by atoms with Crippen LogP contribution in [0.3, 0.4) is 0 Å². The summed E-state index contributed by atoms with van der Waals surface area (Å²) in [5.41, 5.74) is 6.11. The lowest BCUT2D eigenvalue weighted by molar-refractivity contribution is -0.384.